The SMILES string of the molecule is CN=C(NCCNC(=O)c1ccccc1)NCCC(F)(F)F. The van der Waals surface area contributed by atoms with Crippen LogP contribution in [0.1, 0.15) is 16.8 Å². The number of alkyl halides is 3. The van der Waals surface area contributed by atoms with Crippen molar-refractivity contribution >= 4 is 11.9 Å². The van der Waals surface area contributed by atoms with Gasteiger partial charge in [-0.05, 0) is 12.1 Å². The van der Waals surface area contributed by atoms with Gasteiger partial charge in [0.15, 0.2) is 5.96 Å². The number of amides is 1. The zero-order valence-corrected chi connectivity index (χ0v) is 12.2. The monoisotopic (exact) mass is 316 g/mol. The van der Waals surface area contributed by atoms with Crippen molar-refractivity contribution in [1.29, 1.82) is 0 Å². The Bertz CT molecular complexity index is 489. The van der Waals surface area contributed by atoms with E-state index >= 15 is 0 Å². The summed E-state index contributed by atoms with van der Waals surface area (Å²) in [6.07, 6.45) is -5.13. The van der Waals surface area contributed by atoms with E-state index < -0.39 is 12.6 Å². The number of nitrogens with zero attached hydrogens (tertiary/aromatic N) is 1. The molecule has 5 nitrogen and oxygen atoms in total. The Morgan fingerprint density at radius 2 is 1.64 bits per heavy atom. The molecule has 0 aliphatic rings. The minimum absolute atomic E-state index is 0.206. The average Bonchev–Trinajstić information content (AvgIpc) is 2.49. The lowest BCUT2D eigenvalue weighted by Crippen LogP contribution is -2.42. The molecular formula is C14H19F3N4O. The van der Waals surface area contributed by atoms with Gasteiger partial charge in [0.05, 0.1) is 6.42 Å². The Morgan fingerprint density at radius 1 is 1.05 bits per heavy atom. The van der Waals surface area contributed by atoms with Gasteiger partial charge < -0.3 is 16.0 Å². The summed E-state index contributed by atoms with van der Waals surface area (Å²) in [5.41, 5.74) is 0.551. The number of rotatable bonds is 6. The second-order valence-electron chi connectivity index (χ2n) is 4.41. The van der Waals surface area contributed by atoms with Crippen LogP contribution in [0.2, 0.25) is 0 Å². The predicted molar refractivity (Wildman–Crippen MR) is 78.8 cm³/mol. The number of hydrogen-bond donors (Lipinski definition) is 3. The number of carbonyl (C=O) groups is 1. The van der Waals surface area contributed by atoms with Crippen molar-refractivity contribution in [2.45, 2.75) is 12.6 Å². The van der Waals surface area contributed by atoms with Gasteiger partial charge in [0.25, 0.3) is 5.91 Å². The van der Waals surface area contributed by atoms with E-state index in [9.17, 15) is 18.0 Å². The van der Waals surface area contributed by atoms with Gasteiger partial charge in [0.1, 0.15) is 0 Å². The molecular weight excluding hydrogens is 297 g/mol. The van der Waals surface area contributed by atoms with Crippen LogP contribution in [-0.2, 0) is 0 Å². The summed E-state index contributed by atoms with van der Waals surface area (Å²) in [7, 11) is 1.46. The maximum Gasteiger partial charge on any atom is 0.390 e. The molecule has 0 saturated carbocycles. The summed E-state index contributed by atoms with van der Waals surface area (Å²) >= 11 is 0. The number of nitrogens with one attached hydrogen (secondary N) is 3. The second kappa shape index (κ2) is 8.91. The zero-order chi connectivity index (χ0) is 16.4. The summed E-state index contributed by atoms with van der Waals surface area (Å²) in [6, 6.07) is 8.73. The molecule has 0 aliphatic carbocycles. The van der Waals surface area contributed by atoms with Crippen LogP contribution >= 0.6 is 0 Å². The van der Waals surface area contributed by atoms with E-state index in [1.165, 1.54) is 7.05 Å². The smallest absolute Gasteiger partial charge is 0.356 e. The van der Waals surface area contributed by atoms with Crippen LogP contribution in [0, 0.1) is 0 Å². The van der Waals surface area contributed by atoms with Crippen molar-refractivity contribution in [1.82, 2.24) is 16.0 Å². The van der Waals surface area contributed by atoms with E-state index in [-0.39, 0.29) is 18.4 Å². The highest BCUT2D eigenvalue weighted by Gasteiger charge is 2.26. The van der Waals surface area contributed by atoms with Crippen molar-refractivity contribution in [3.63, 3.8) is 0 Å². The third kappa shape index (κ3) is 7.51. The van der Waals surface area contributed by atoms with Crippen LogP contribution in [0.3, 0.4) is 0 Å². The molecule has 0 bridgehead atoms. The molecule has 0 fully saturated rings. The minimum atomic E-state index is -4.20. The fraction of sp³-hybridized carbons (Fsp3) is 0.429. The summed E-state index contributed by atoms with van der Waals surface area (Å²) in [5.74, 6) is 0.0561. The van der Waals surface area contributed by atoms with Crippen molar-refractivity contribution in [3.8, 4) is 0 Å². The molecule has 0 spiro atoms. The first-order valence-electron chi connectivity index (χ1n) is 6.77. The van der Waals surface area contributed by atoms with Gasteiger partial charge in [-0.1, -0.05) is 18.2 Å². The van der Waals surface area contributed by atoms with E-state index in [1.807, 2.05) is 6.07 Å². The molecule has 8 heteroatoms. The van der Waals surface area contributed by atoms with Gasteiger partial charge in [-0.2, -0.15) is 13.2 Å². The molecule has 0 heterocycles. The first-order valence-corrected chi connectivity index (χ1v) is 6.77. The van der Waals surface area contributed by atoms with Gasteiger partial charge in [-0.15, -0.1) is 0 Å². The Balaban J connectivity index is 2.21. The maximum absolute atomic E-state index is 12.0. The van der Waals surface area contributed by atoms with E-state index in [0.717, 1.165) is 0 Å². The van der Waals surface area contributed by atoms with E-state index in [1.54, 1.807) is 24.3 Å². The highest BCUT2D eigenvalue weighted by molar-refractivity contribution is 5.94. The van der Waals surface area contributed by atoms with Crippen molar-refractivity contribution in [3.05, 3.63) is 35.9 Å². The number of benzene rings is 1. The van der Waals surface area contributed by atoms with Gasteiger partial charge in [-0.25, -0.2) is 0 Å². The Kier molecular flexibility index (Phi) is 7.21. The zero-order valence-electron chi connectivity index (χ0n) is 12.2. The van der Waals surface area contributed by atoms with Gasteiger partial charge in [0.2, 0.25) is 0 Å². The minimum Gasteiger partial charge on any atom is -0.356 e. The van der Waals surface area contributed by atoms with Crippen LogP contribution < -0.4 is 16.0 Å². The van der Waals surface area contributed by atoms with Crippen LogP contribution in [0.25, 0.3) is 0 Å². The van der Waals surface area contributed by atoms with Crippen molar-refractivity contribution < 1.29 is 18.0 Å². The van der Waals surface area contributed by atoms with Crippen LogP contribution in [0.5, 0.6) is 0 Å². The van der Waals surface area contributed by atoms with E-state index in [0.29, 0.717) is 18.7 Å². The number of halogens is 3. The first-order chi connectivity index (χ1) is 10.4. The average molecular weight is 316 g/mol. The Hall–Kier alpha value is -2.25. The normalized spacial score (nSPS) is 11.9. The van der Waals surface area contributed by atoms with E-state index in [4.69, 9.17) is 0 Å². The molecule has 1 aromatic rings. The fourth-order valence-electron chi connectivity index (χ4n) is 1.59. The molecule has 22 heavy (non-hydrogen) atoms. The third-order valence-electron chi connectivity index (χ3n) is 2.66. The molecule has 0 radical (unpaired) electrons. The molecule has 1 rings (SSSR count). The molecule has 0 atom stereocenters. The molecule has 0 aromatic heterocycles. The first kappa shape index (κ1) is 17.8. The summed E-state index contributed by atoms with van der Waals surface area (Å²) in [6.45, 7) is 0.428. The fourth-order valence-corrected chi connectivity index (χ4v) is 1.59. The second-order valence-corrected chi connectivity index (χ2v) is 4.41. The molecule has 1 amide bonds. The van der Waals surface area contributed by atoms with Crippen LogP contribution in [0.15, 0.2) is 35.3 Å². The van der Waals surface area contributed by atoms with Gasteiger partial charge in [0, 0.05) is 32.2 Å². The third-order valence-corrected chi connectivity index (χ3v) is 2.66. The predicted octanol–water partition coefficient (Wildman–Crippen LogP) is 1.53. The number of carbonyl (C=O) groups excluding carboxylic acids is 1. The number of guanidine groups is 1. The van der Waals surface area contributed by atoms with Crippen molar-refractivity contribution in [2.24, 2.45) is 4.99 Å². The molecule has 3 N–H and O–H groups in total. The van der Waals surface area contributed by atoms with Gasteiger partial charge in [-0.3, -0.25) is 9.79 Å². The summed E-state index contributed by atoms with van der Waals surface area (Å²) in [4.78, 5) is 15.5. The number of hydrogen-bond acceptors (Lipinski definition) is 2. The molecule has 0 saturated heterocycles. The molecule has 0 aliphatic heterocycles. The lowest BCUT2D eigenvalue weighted by molar-refractivity contribution is -0.132. The summed E-state index contributed by atoms with van der Waals surface area (Å²) in [5, 5.41) is 8.07. The summed E-state index contributed by atoms with van der Waals surface area (Å²) < 4.78 is 36.1. The van der Waals surface area contributed by atoms with E-state index in [2.05, 4.69) is 20.9 Å². The largest absolute Gasteiger partial charge is 0.390 e. The Morgan fingerprint density at radius 3 is 2.23 bits per heavy atom. The quantitative estimate of drug-likeness (QED) is 0.424. The van der Waals surface area contributed by atoms with Crippen LogP contribution in [0.4, 0.5) is 13.2 Å². The number of aliphatic imine (C=N–C) groups is 1. The van der Waals surface area contributed by atoms with Crippen LogP contribution in [-0.4, -0.2) is 44.7 Å². The lowest BCUT2D eigenvalue weighted by atomic mass is 10.2. The maximum atomic E-state index is 12.0. The topological polar surface area (TPSA) is 65.5 Å². The molecule has 122 valence electrons. The standard InChI is InChI=1S/C14H19F3N4O/c1-18-13(20-8-7-14(15,16)17)21-10-9-19-12(22)11-5-3-2-4-6-11/h2-6H,7-10H2,1H3,(H,19,22)(H2,18,20,21). The van der Waals surface area contributed by atoms with Crippen molar-refractivity contribution in [2.75, 3.05) is 26.7 Å². The lowest BCUT2D eigenvalue weighted by Gasteiger charge is -2.13. The highest BCUT2D eigenvalue weighted by atomic mass is 19.4. The Labute approximate surface area is 127 Å². The van der Waals surface area contributed by atoms with Gasteiger partial charge >= 0.3 is 6.18 Å². The molecule has 0 unspecified atom stereocenters. The highest BCUT2D eigenvalue weighted by Crippen LogP contribution is 2.17. The molecule has 1 aromatic carbocycles.